The third kappa shape index (κ3) is 3.63. The maximum Gasteiger partial charge on any atom is 0.211 e. The lowest BCUT2D eigenvalue weighted by molar-refractivity contribution is -0.105. The van der Waals surface area contributed by atoms with Crippen molar-refractivity contribution in [1.29, 1.82) is 0 Å². The normalized spacial score (nSPS) is 16.3. The van der Waals surface area contributed by atoms with Gasteiger partial charge in [0.15, 0.2) is 0 Å². The minimum Gasteiger partial charge on any atom is -0.489 e. The number of benzene rings is 1. The van der Waals surface area contributed by atoms with Crippen molar-refractivity contribution in [2.75, 3.05) is 43.4 Å². The predicted octanol–water partition coefficient (Wildman–Crippen LogP) is 1.79. The molecule has 0 atom stereocenters. The molecule has 1 amide bonds. The topological polar surface area (TPSA) is 44.8 Å². The van der Waals surface area contributed by atoms with Gasteiger partial charge in [0, 0.05) is 37.9 Å². The lowest BCUT2D eigenvalue weighted by Crippen LogP contribution is -2.44. The maximum atomic E-state index is 10.7. The van der Waals surface area contributed by atoms with E-state index < -0.39 is 0 Å². The summed E-state index contributed by atoms with van der Waals surface area (Å²) in [6, 6.07) is 5.95. The third-order valence-corrected chi connectivity index (χ3v) is 3.41. The lowest BCUT2D eigenvalue weighted by atomic mass is 10.2. The Morgan fingerprint density at radius 3 is 2.55 bits per heavy atom. The Morgan fingerprint density at radius 2 is 1.95 bits per heavy atom. The van der Waals surface area contributed by atoms with Gasteiger partial charge < -0.3 is 19.9 Å². The molecular weight excluding hydrogens is 254 g/mol. The van der Waals surface area contributed by atoms with Gasteiger partial charge in [-0.2, -0.15) is 0 Å². The first-order valence-corrected chi connectivity index (χ1v) is 7.04. The Labute approximate surface area is 120 Å². The van der Waals surface area contributed by atoms with Crippen molar-refractivity contribution < 1.29 is 9.53 Å². The highest BCUT2D eigenvalue weighted by molar-refractivity contribution is 5.77. The Balaban J connectivity index is 2.19. The van der Waals surface area contributed by atoms with Crippen molar-refractivity contribution in [1.82, 2.24) is 4.90 Å². The van der Waals surface area contributed by atoms with Crippen LogP contribution in [0.5, 0.6) is 5.75 Å². The van der Waals surface area contributed by atoms with Gasteiger partial charge in [0.2, 0.25) is 6.41 Å². The van der Waals surface area contributed by atoms with Crippen molar-refractivity contribution in [3.8, 4) is 5.75 Å². The molecule has 0 bridgehead atoms. The molecule has 1 heterocycles. The molecule has 1 aromatic carbocycles. The number of rotatable bonds is 5. The molecule has 0 aliphatic carbocycles. The average Bonchev–Trinajstić information content (AvgIpc) is 2.41. The molecule has 0 unspecified atom stereocenters. The number of hydrogen-bond acceptors (Lipinski definition) is 4. The summed E-state index contributed by atoms with van der Waals surface area (Å²) in [7, 11) is 2.14. The van der Waals surface area contributed by atoms with Gasteiger partial charge in [-0.25, -0.2) is 0 Å². The van der Waals surface area contributed by atoms with E-state index in [1.807, 2.05) is 32.0 Å². The van der Waals surface area contributed by atoms with Crippen LogP contribution in [0.2, 0.25) is 0 Å². The van der Waals surface area contributed by atoms with Crippen LogP contribution in [0.4, 0.5) is 11.4 Å². The molecule has 1 N–H and O–H groups in total. The van der Waals surface area contributed by atoms with Crippen molar-refractivity contribution in [3.63, 3.8) is 0 Å². The zero-order valence-corrected chi connectivity index (χ0v) is 12.4. The van der Waals surface area contributed by atoms with E-state index in [0.29, 0.717) is 12.1 Å². The van der Waals surface area contributed by atoms with Crippen molar-refractivity contribution in [3.05, 3.63) is 18.2 Å². The molecule has 5 heteroatoms. The second-order valence-electron chi connectivity index (χ2n) is 5.40. The number of anilines is 2. The van der Waals surface area contributed by atoms with Crippen LogP contribution >= 0.6 is 0 Å². The molecule has 0 radical (unpaired) electrons. The number of ether oxygens (including phenoxy) is 1. The Hall–Kier alpha value is -1.75. The van der Waals surface area contributed by atoms with E-state index in [4.69, 9.17) is 4.74 Å². The first-order chi connectivity index (χ1) is 9.60. The van der Waals surface area contributed by atoms with Crippen LogP contribution in [0, 0.1) is 0 Å². The fourth-order valence-corrected chi connectivity index (χ4v) is 2.31. The molecule has 0 spiro atoms. The van der Waals surface area contributed by atoms with Gasteiger partial charge in [-0.15, -0.1) is 0 Å². The van der Waals surface area contributed by atoms with Gasteiger partial charge in [0.1, 0.15) is 5.75 Å². The fraction of sp³-hybridized carbons (Fsp3) is 0.533. The molecule has 0 aromatic heterocycles. The molecule has 1 saturated heterocycles. The van der Waals surface area contributed by atoms with Gasteiger partial charge in [-0.3, -0.25) is 4.79 Å². The molecule has 20 heavy (non-hydrogen) atoms. The van der Waals surface area contributed by atoms with Crippen LogP contribution in [0.15, 0.2) is 18.2 Å². The first kappa shape index (κ1) is 14.7. The van der Waals surface area contributed by atoms with Crippen molar-refractivity contribution in [2.45, 2.75) is 20.0 Å². The second kappa shape index (κ2) is 6.61. The second-order valence-corrected chi connectivity index (χ2v) is 5.40. The van der Waals surface area contributed by atoms with Crippen LogP contribution in [-0.4, -0.2) is 50.6 Å². The minimum atomic E-state index is 0.0740. The van der Waals surface area contributed by atoms with E-state index in [1.165, 1.54) is 0 Å². The van der Waals surface area contributed by atoms with Gasteiger partial charge in [-0.1, -0.05) is 0 Å². The highest BCUT2D eigenvalue weighted by Gasteiger charge is 2.16. The number of amides is 1. The Bertz CT molecular complexity index is 454. The van der Waals surface area contributed by atoms with E-state index in [0.717, 1.165) is 37.6 Å². The number of nitrogens with zero attached hydrogens (tertiary/aromatic N) is 2. The number of nitrogens with one attached hydrogen (secondary N) is 1. The highest BCUT2D eigenvalue weighted by atomic mass is 16.5. The van der Waals surface area contributed by atoms with Crippen LogP contribution in [0.25, 0.3) is 0 Å². The van der Waals surface area contributed by atoms with Gasteiger partial charge in [-0.05, 0) is 33.0 Å². The summed E-state index contributed by atoms with van der Waals surface area (Å²) in [5.41, 5.74) is 1.86. The molecule has 110 valence electrons. The SMILES string of the molecule is CC(C)Oc1cc(N2CCN(C)CC2)ccc1NC=O. The number of carbonyl (C=O) groups is 1. The first-order valence-electron chi connectivity index (χ1n) is 7.04. The average molecular weight is 277 g/mol. The number of piperazine rings is 1. The van der Waals surface area contributed by atoms with Gasteiger partial charge >= 0.3 is 0 Å². The van der Waals surface area contributed by atoms with Crippen LogP contribution in [0.3, 0.4) is 0 Å². The lowest BCUT2D eigenvalue weighted by Gasteiger charge is -2.34. The summed E-state index contributed by atoms with van der Waals surface area (Å²) in [4.78, 5) is 15.3. The molecule has 0 saturated carbocycles. The Morgan fingerprint density at radius 1 is 1.25 bits per heavy atom. The van der Waals surface area contributed by atoms with E-state index in [9.17, 15) is 4.79 Å². The number of likely N-dealkylation sites (N-methyl/N-ethyl adjacent to an activating group) is 1. The minimum absolute atomic E-state index is 0.0740. The monoisotopic (exact) mass is 277 g/mol. The molecular formula is C15H23N3O2. The van der Waals surface area contributed by atoms with E-state index in [2.05, 4.69) is 22.2 Å². The molecule has 1 fully saturated rings. The molecule has 1 aliphatic rings. The standard InChI is InChI=1S/C15H23N3O2/c1-12(2)20-15-10-13(4-5-14(15)16-11-19)18-8-6-17(3)7-9-18/h4-5,10-12H,6-9H2,1-3H3,(H,16,19). The largest absolute Gasteiger partial charge is 0.489 e. The molecule has 5 nitrogen and oxygen atoms in total. The fourth-order valence-electron chi connectivity index (χ4n) is 2.31. The third-order valence-electron chi connectivity index (χ3n) is 3.41. The maximum absolute atomic E-state index is 10.7. The molecule has 2 rings (SSSR count). The predicted molar refractivity (Wildman–Crippen MR) is 81.6 cm³/mol. The van der Waals surface area contributed by atoms with Crippen LogP contribution in [-0.2, 0) is 4.79 Å². The summed E-state index contributed by atoms with van der Waals surface area (Å²) < 4.78 is 5.79. The summed E-state index contributed by atoms with van der Waals surface area (Å²) in [6.07, 6.45) is 0.753. The smallest absolute Gasteiger partial charge is 0.211 e. The summed E-state index contributed by atoms with van der Waals surface area (Å²) in [5, 5.41) is 2.69. The quantitative estimate of drug-likeness (QED) is 0.834. The summed E-state index contributed by atoms with van der Waals surface area (Å²) >= 11 is 0. The van der Waals surface area contributed by atoms with Crippen LogP contribution < -0.4 is 15.0 Å². The Kier molecular flexibility index (Phi) is 4.84. The zero-order chi connectivity index (χ0) is 14.5. The zero-order valence-electron chi connectivity index (χ0n) is 12.4. The summed E-state index contributed by atoms with van der Waals surface area (Å²) in [6.45, 7) is 8.11. The van der Waals surface area contributed by atoms with E-state index in [-0.39, 0.29) is 6.10 Å². The summed E-state index contributed by atoms with van der Waals surface area (Å²) in [5.74, 6) is 0.725. The number of hydrogen-bond donors (Lipinski definition) is 1. The van der Waals surface area contributed by atoms with E-state index >= 15 is 0 Å². The molecule has 1 aliphatic heterocycles. The highest BCUT2D eigenvalue weighted by Crippen LogP contribution is 2.31. The van der Waals surface area contributed by atoms with Gasteiger partial charge in [0.05, 0.1) is 11.8 Å². The molecule has 1 aromatic rings. The van der Waals surface area contributed by atoms with Crippen molar-refractivity contribution >= 4 is 17.8 Å². The van der Waals surface area contributed by atoms with Gasteiger partial charge in [0.25, 0.3) is 0 Å². The van der Waals surface area contributed by atoms with Crippen molar-refractivity contribution in [2.24, 2.45) is 0 Å². The van der Waals surface area contributed by atoms with E-state index in [1.54, 1.807) is 0 Å². The number of carbonyl (C=O) groups excluding carboxylic acids is 1. The van der Waals surface area contributed by atoms with Crippen LogP contribution in [0.1, 0.15) is 13.8 Å².